The van der Waals surface area contributed by atoms with Crippen LogP contribution in [-0.2, 0) is 16.6 Å². The summed E-state index contributed by atoms with van der Waals surface area (Å²) < 4.78 is 28.2. The fraction of sp³-hybridized carbons (Fsp3) is 0.250. The first-order valence-electron chi connectivity index (χ1n) is 5.64. The van der Waals surface area contributed by atoms with Gasteiger partial charge in [-0.2, -0.15) is 5.10 Å². The van der Waals surface area contributed by atoms with Gasteiger partial charge in [0, 0.05) is 18.8 Å². The van der Waals surface area contributed by atoms with E-state index in [1.807, 2.05) is 13.8 Å². The predicted octanol–water partition coefficient (Wildman–Crippen LogP) is 2.01. The molecule has 6 heteroatoms. The van der Waals surface area contributed by atoms with Gasteiger partial charge in [-0.05, 0) is 26.0 Å². The molecule has 0 spiro atoms. The largest absolute Gasteiger partial charge is 0.271 e. The summed E-state index contributed by atoms with van der Waals surface area (Å²) in [5.74, 6) is 0.331. The predicted molar refractivity (Wildman–Crippen MR) is 69.9 cm³/mol. The number of rotatable bonds is 4. The van der Waals surface area contributed by atoms with Crippen molar-refractivity contribution >= 4 is 15.8 Å². The minimum Gasteiger partial charge on any atom is -0.271 e. The summed E-state index contributed by atoms with van der Waals surface area (Å²) in [6.07, 6.45) is 1.73. The van der Waals surface area contributed by atoms with Gasteiger partial charge in [0.15, 0.2) is 5.82 Å². The maximum absolute atomic E-state index is 12.1. The van der Waals surface area contributed by atoms with Gasteiger partial charge in [-0.25, -0.2) is 8.42 Å². The molecule has 18 heavy (non-hydrogen) atoms. The molecule has 0 saturated heterocycles. The number of sulfonamides is 1. The standard InChI is InChI=1S/C12H15N3O2S/c1-3-15-9-8-12(13-15)14-18(16,17)11-6-4-10(2)5-7-11/h4-9H,3H2,1-2H3,(H,13,14). The molecule has 5 nitrogen and oxygen atoms in total. The smallest absolute Gasteiger partial charge is 0.263 e. The third-order valence-electron chi connectivity index (χ3n) is 2.53. The number of hydrogen-bond donors (Lipinski definition) is 1. The monoisotopic (exact) mass is 265 g/mol. The summed E-state index contributed by atoms with van der Waals surface area (Å²) in [6.45, 7) is 4.55. The van der Waals surface area contributed by atoms with Gasteiger partial charge in [0.25, 0.3) is 10.0 Å². The van der Waals surface area contributed by atoms with Gasteiger partial charge in [0.2, 0.25) is 0 Å². The van der Waals surface area contributed by atoms with E-state index in [0.29, 0.717) is 12.4 Å². The Morgan fingerprint density at radius 3 is 2.44 bits per heavy atom. The van der Waals surface area contributed by atoms with Crippen LogP contribution in [0.3, 0.4) is 0 Å². The van der Waals surface area contributed by atoms with Crippen molar-refractivity contribution in [3.8, 4) is 0 Å². The first-order chi connectivity index (χ1) is 8.51. The summed E-state index contributed by atoms with van der Waals surface area (Å²) in [6, 6.07) is 8.32. The maximum Gasteiger partial charge on any atom is 0.263 e. The van der Waals surface area contributed by atoms with Crippen molar-refractivity contribution in [2.75, 3.05) is 4.72 Å². The minimum absolute atomic E-state index is 0.235. The number of benzene rings is 1. The Morgan fingerprint density at radius 1 is 1.22 bits per heavy atom. The van der Waals surface area contributed by atoms with Crippen LogP contribution in [0.1, 0.15) is 12.5 Å². The number of aromatic nitrogens is 2. The maximum atomic E-state index is 12.1. The molecule has 0 bridgehead atoms. The Morgan fingerprint density at radius 2 is 1.89 bits per heavy atom. The summed E-state index contributed by atoms with van der Waals surface area (Å²) in [5.41, 5.74) is 1.02. The Kier molecular flexibility index (Phi) is 3.38. The van der Waals surface area contributed by atoms with E-state index in [1.165, 1.54) is 0 Å². The van der Waals surface area contributed by atoms with E-state index in [-0.39, 0.29) is 4.90 Å². The van der Waals surface area contributed by atoms with Crippen molar-refractivity contribution in [2.45, 2.75) is 25.3 Å². The molecule has 1 aromatic carbocycles. The van der Waals surface area contributed by atoms with E-state index in [4.69, 9.17) is 0 Å². The Labute approximate surface area is 107 Å². The van der Waals surface area contributed by atoms with E-state index in [2.05, 4.69) is 9.82 Å². The third kappa shape index (κ3) is 2.70. The number of nitrogens with one attached hydrogen (secondary N) is 1. The molecule has 2 aromatic rings. The lowest BCUT2D eigenvalue weighted by Gasteiger charge is -2.05. The van der Waals surface area contributed by atoms with Crippen LogP contribution in [0.5, 0.6) is 0 Å². The van der Waals surface area contributed by atoms with Crippen LogP contribution in [0.4, 0.5) is 5.82 Å². The van der Waals surface area contributed by atoms with Crippen LogP contribution < -0.4 is 4.72 Å². The van der Waals surface area contributed by atoms with Gasteiger partial charge in [0.1, 0.15) is 0 Å². The summed E-state index contributed by atoms with van der Waals surface area (Å²) in [5, 5.41) is 4.08. The zero-order valence-corrected chi connectivity index (χ0v) is 11.1. The van der Waals surface area contributed by atoms with Crippen molar-refractivity contribution in [2.24, 2.45) is 0 Å². The van der Waals surface area contributed by atoms with Crippen LogP contribution in [-0.4, -0.2) is 18.2 Å². The number of hydrogen-bond acceptors (Lipinski definition) is 3. The lowest BCUT2D eigenvalue weighted by Crippen LogP contribution is -2.13. The van der Waals surface area contributed by atoms with Gasteiger partial charge >= 0.3 is 0 Å². The van der Waals surface area contributed by atoms with E-state index in [0.717, 1.165) is 5.56 Å². The highest BCUT2D eigenvalue weighted by molar-refractivity contribution is 7.92. The van der Waals surface area contributed by atoms with Gasteiger partial charge < -0.3 is 0 Å². The molecule has 0 aliphatic carbocycles. The highest BCUT2D eigenvalue weighted by Gasteiger charge is 2.14. The van der Waals surface area contributed by atoms with Crippen LogP contribution in [0.2, 0.25) is 0 Å². The van der Waals surface area contributed by atoms with Gasteiger partial charge in [0.05, 0.1) is 4.90 Å². The van der Waals surface area contributed by atoms with Crippen LogP contribution in [0, 0.1) is 6.92 Å². The van der Waals surface area contributed by atoms with Crippen molar-refractivity contribution in [3.63, 3.8) is 0 Å². The highest BCUT2D eigenvalue weighted by atomic mass is 32.2. The van der Waals surface area contributed by atoms with Crippen molar-refractivity contribution in [1.82, 2.24) is 9.78 Å². The highest BCUT2D eigenvalue weighted by Crippen LogP contribution is 2.14. The molecule has 2 rings (SSSR count). The minimum atomic E-state index is -3.55. The number of nitrogens with zero attached hydrogens (tertiary/aromatic N) is 2. The molecule has 0 saturated carbocycles. The average molecular weight is 265 g/mol. The van der Waals surface area contributed by atoms with E-state index in [1.54, 1.807) is 41.2 Å². The molecule has 0 unspecified atom stereocenters. The van der Waals surface area contributed by atoms with Gasteiger partial charge in [-0.3, -0.25) is 9.40 Å². The molecule has 0 aliphatic heterocycles. The second-order valence-electron chi connectivity index (χ2n) is 3.98. The van der Waals surface area contributed by atoms with Crippen molar-refractivity contribution < 1.29 is 8.42 Å². The first kappa shape index (κ1) is 12.6. The molecule has 0 fully saturated rings. The summed E-state index contributed by atoms with van der Waals surface area (Å²) >= 11 is 0. The molecular formula is C12H15N3O2S. The molecule has 96 valence electrons. The summed E-state index contributed by atoms with van der Waals surface area (Å²) in [4.78, 5) is 0.235. The van der Waals surface area contributed by atoms with Crippen LogP contribution in [0.15, 0.2) is 41.4 Å². The molecule has 1 aromatic heterocycles. The third-order valence-corrected chi connectivity index (χ3v) is 3.91. The fourth-order valence-electron chi connectivity index (χ4n) is 1.51. The Hall–Kier alpha value is -1.82. The number of aryl methyl sites for hydroxylation is 2. The zero-order chi connectivity index (χ0) is 13.2. The van der Waals surface area contributed by atoms with Crippen molar-refractivity contribution in [1.29, 1.82) is 0 Å². The topological polar surface area (TPSA) is 64.0 Å². The second-order valence-corrected chi connectivity index (χ2v) is 5.66. The second kappa shape index (κ2) is 4.81. The first-order valence-corrected chi connectivity index (χ1v) is 7.12. The molecule has 0 amide bonds. The molecular weight excluding hydrogens is 250 g/mol. The molecule has 0 aliphatic rings. The van der Waals surface area contributed by atoms with Crippen molar-refractivity contribution in [3.05, 3.63) is 42.1 Å². The lowest BCUT2D eigenvalue weighted by atomic mass is 10.2. The Bertz CT molecular complexity index is 630. The normalized spacial score (nSPS) is 11.4. The number of anilines is 1. The lowest BCUT2D eigenvalue weighted by molar-refractivity contribution is 0.600. The molecule has 1 heterocycles. The van der Waals surface area contributed by atoms with Crippen LogP contribution >= 0.6 is 0 Å². The van der Waals surface area contributed by atoms with Gasteiger partial charge in [-0.1, -0.05) is 17.7 Å². The molecule has 0 atom stereocenters. The SMILES string of the molecule is CCn1ccc(NS(=O)(=O)c2ccc(C)cc2)n1. The zero-order valence-electron chi connectivity index (χ0n) is 10.3. The molecule has 0 radical (unpaired) electrons. The average Bonchev–Trinajstić information content (AvgIpc) is 2.76. The molecule has 1 N–H and O–H groups in total. The summed E-state index contributed by atoms with van der Waals surface area (Å²) in [7, 11) is -3.55. The van der Waals surface area contributed by atoms with E-state index < -0.39 is 10.0 Å². The van der Waals surface area contributed by atoms with E-state index >= 15 is 0 Å². The fourth-order valence-corrected chi connectivity index (χ4v) is 2.50. The Balaban J connectivity index is 2.24. The van der Waals surface area contributed by atoms with Crippen LogP contribution in [0.25, 0.3) is 0 Å². The van der Waals surface area contributed by atoms with Gasteiger partial charge in [-0.15, -0.1) is 0 Å². The quantitative estimate of drug-likeness (QED) is 0.919. The van der Waals surface area contributed by atoms with E-state index in [9.17, 15) is 8.42 Å².